The van der Waals surface area contributed by atoms with Crippen LogP contribution in [-0.4, -0.2) is 22.7 Å². The van der Waals surface area contributed by atoms with E-state index in [0.717, 1.165) is 18.4 Å². The van der Waals surface area contributed by atoms with E-state index >= 15 is 0 Å². The van der Waals surface area contributed by atoms with E-state index in [1.165, 1.54) is 19.6 Å². The van der Waals surface area contributed by atoms with Crippen LogP contribution < -0.4 is 10.1 Å². The molecule has 2 aromatic rings. The van der Waals surface area contributed by atoms with Crippen LogP contribution in [0, 0.1) is 5.82 Å². The van der Waals surface area contributed by atoms with Gasteiger partial charge in [-0.1, -0.05) is 6.07 Å². The zero-order valence-electron chi connectivity index (χ0n) is 12.1. The fraction of sp³-hybridized carbons (Fsp3) is 0.438. The number of aromatic nitrogens is 2. The SMILES string of the molecule is COc1ccc(CNC2CCCC2n2ccnc2)cc1F. The molecule has 0 aliphatic heterocycles. The molecule has 0 bridgehead atoms. The van der Waals surface area contributed by atoms with Gasteiger partial charge in [-0.2, -0.15) is 0 Å². The first-order valence-electron chi connectivity index (χ1n) is 7.31. The van der Waals surface area contributed by atoms with Crippen LogP contribution in [-0.2, 0) is 6.54 Å². The first kappa shape index (κ1) is 14.1. The molecule has 112 valence electrons. The van der Waals surface area contributed by atoms with E-state index in [2.05, 4.69) is 14.9 Å². The summed E-state index contributed by atoms with van der Waals surface area (Å²) in [6.45, 7) is 0.663. The Morgan fingerprint density at radius 3 is 3.05 bits per heavy atom. The van der Waals surface area contributed by atoms with Crippen LogP contribution in [0.15, 0.2) is 36.9 Å². The quantitative estimate of drug-likeness (QED) is 0.920. The second-order valence-corrected chi connectivity index (χ2v) is 5.46. The molecule has 0 amide bonds. The molecule has 0 radical (unpaired) electrons. The molecule has 4 nitrogen and oxygen atoms in total. The highest BCUT2D eigenvalue weighted by Gasteiger charge is 2.27. The van der Waals surface area contributed by atoms with Gasteiger partial charge in [0.25, 0.3) is 0 Å². The molecule has 21 heavy (non-hydrogen) atoms. The fourth-order valence-corrected chi connectivity index (χ4v) is 3.07. The molecule has 3 rings (SSSR count). The van der Waals surface area contributed by atoms with E-state index < -0.39 is 0 Å². The van der Waals surface area contributed by atoms with E-state index in [-0.39, 0.29) is 11.6 Å². The summed E-state index contributed by atoms with van der Waals surface area (Å²) in [5, 5.41) is 3.54. The lowest BCUT2D eigenvalue weighted by atomic mass is 10.1. The average Bonchev–Trinajstić information content (AvgIpc) is 3.16. The Balaban J connectivity index is 1.63. The molecule has 1 N–H and O–H groups in total. The summed E-state index contributed by atoms with van der Waals surface area (Å²) in [4.78, 5) is 4.12. The van der Waals surface area contributed by atoms with E-state index in [9.17, 15) is 4.39 Å². The molecular weight excluding hydrogens is 269 g/mol. The number of halogens is 1. The van der Waals surface area contributed by atoms with Crippen LogP contribution in [0.5, 0.6) is 5.75 Å². The van der Waals surface area contributed by atoms with Gasteiger partial charge in [-0.15, -0.1) is 0 Å². The predicted molar refractivity (Wildman–Crippen MR) is 78.7 cm³/mol. The van der Waals surface area contributed by atoms with Crippen molar-refractivity contribution < 1.29 is 9.13 Å². The van der Waals surface area contributed by atoms with Gasteiger partial charge in [-0.05, 0) is 37.0 Å². The van der Waals surface area contributed by atoms with E-state index in [1.54, 1.807) is 6.07 Å². The van der Waals surface area contributed by atoms with Gasteiger partial charge in [-0.3, -0.25) is 0 Å². The van der Waals surface area contributed by atoms with Crippen molar-refractivity contribution >= 4 is 0 Å². The van der Waals surface area contributed by atoms with Gasteiger partial charge in [0.05, 0.1) is 13.4 Å². The summed E-state index contributed by atoms with van der Waals surface area (Å²) in [7, 11) is 1.48. The maximum Gasteiger partial charge on any atom is 0.165 e. The topological polar surface area (TPSA) is 39.1 Å². The van der Waals surface area contributed by atoms with Crippen molar-refractivity contribution in [2.75, 3.05) is 7.11 Å². The van der Waals surface area contributed by atoms with E-state index in [0.29, 0.717) is 18.6 Å². The number of benzene rings is 1. The third-order valence-electron chi connectivity index (χ3n) is 4.17. The number of nitrogens with one attached hydrogen (secondary N) is 1. The average molecular weight is 289 g/mol. The second-order valence-electron chi connectivity index (χ2n) is 5.46. The molecule has 1 fully saturated rings. The van der Waals surface area contributed by atoms with Gasteiger partial charge in [-0.25, -0.2) is 9.37 Å². The highest BCUT2D eigenvalue weighted by Crippen LogP contribution is 2.30. The van der Waals surface area contributed by atoms with Gasteiger partial charge in [0, 0.05) is 31.0 Å². The summed E-state index contributed by atoms with van der Waals surface area (Å²) in [5.41, 5.74) is 0.935. The van der Waals surface area contributed by atoms with Crippen molar-refractivity contribution in [3.63, 3.8) is 0 Å². The lowest BCUT2D eigenvalue weighted by Gasteiger charge is -2.22. The van der Waals surface area contributed by atoms with Crippen LogP contribution in [0.4, 0.5) is 4.39 Å². The lowest BCUT2D eigenvalue weighted by molar-refractivity contribution is 0.382. The number of imidazole rings is 1. The van der Waals surface area contributed by atoms with Gasteiger partial charge < -0.3 is 14.6 Å². The highest BCUT2D eigenvalue weighted by atomic mass is 19.1. The molecule has 1 aliphatic rings. The number of rotatable bonds is 5. The molecule has 2 atom stereocenters. The highest BCUT2D eigenvalue weighted by molar-refractivity contribution is 5.29. The third-order valence-corrected chi connectivity index (χ3v) is 4.17. The van der Waals surface area contributed by atoms with Gasteiger partial charge in [0.15, 0.2) is 11.6 Å². The normalized spacial score (nSPS) is 21.6. The van der Waals surface area contributed by atoms with Crippen molar-refractivity contribution in [2.24, 2.45) is 0 Å². The molecule has 2 unspecified atom stereocenters. The maximum atomic E-state index is 13.7. The molecule has 0 spiro atoms. The van der Waals surface area contributed by atoms with Crippen molar-refractivity contribution in [3.8, 4) is 5.75 Å². The summed E-state index contributed by atoms with van der Waals surface area (Å²) < 4.78 is 20.8. The standard InChI is InChI=1S/C16H20FN3O/c1-21-16-6-5-12(9-13(16)17)10-19-14-3-2-4-15(14)20-8-7-18-11-20/h5-9,11,14-15,19H,2-4,10H2,1H3. The molecule has 1 aliphatic carbocycles. The predicted octanol–water partition coefficient (Wildman–Crippen LogP) is 2.91. The summed E-state index contributed by atoms with van der Waals surface area (Å²) >= 11 is 0. The van der Waals surface area contributed by atoms with Gasteiger partial charge in [0.2, 0.25) is 0 Å². The summed E-state index contributed by atoms with van der Waals surface area (Å²) in [6.07, 6.45) is 9.20. The molecule has 1 aromatic carbocycles. The zero-order chi connectivity index (χ0) is 14.7. The minimum atomic E-state index is -0.311. The number of hydrogen-bond acceptors (Lipinski definition) is 3. The minimum absolute atomic E-state index is 0.288. The largest absolute Gasteiger partial charge is 0.494 e. The first-order chi connectivity index (χ1) is 10.3. The summed E-state index contributed by atoms with van der Waals surface area (Å²) in [6, 6.07) is 5.96. The Hall–Kier alpha value is -1.88. The first-order valence-corrected chi connectivity index (χ1v) is 7.31. The van der Waals surface area contributed by atoms with E-state index in [1.807, 2.05) is 24.8 Å². The van der Waals surface area contributed by atoms with Crippen LogP contribution in [0.3, 0.4) is 0 Å². The summed E-state index contributed by atoms with van der Waals surface area (Å²) in [5.74, 6) is -0.0229. The number of hydrogen-bond donors (Lipinski definition) is 1. The van der Waals surface area contributed by atoms with Crippen molar-refractivity contribution in [1.82, 2.24) is 14.9 Å². The van der Waals surface area contributed by atoms with Crippen molar-refractivity contribution in [3.05, 3.63) is 48.3 Å². The molecule has 5 heteroatoms. The second kappa shape index (κ2) is 6.26. The Morgan fingerprint density at radius 1 is 1.43 bits per heavy atom. The van der Waals surface area contributed by atoms with Crippen LogP contribution >= 0.6 is 0 Å². The number of ether oxygens (including phenoxy) is 1. The van der Waals surface area contributed by atoms with Crippen molar-refractivity contribution in [2.45, 2.75) is 37.9 Å². The third kappa shape index (κ3) is 3.08. The minimum Gasteiger partial charge on any atom is -0.494 e. The number of methoxy groups -OCH3 is 1. The van der Waals surface area contributed by atoms with Crippen LogP contribution in [0.25, 0.3) is 0 Å². The molecule has 1 aromatic heterocycles. The Bertz CT molecular complexity index is 585. The Labute approximate surface area is 124 Å². The lowest BCUT2D eigenvalue weighted by Crippen LogP contribution is -2.33. The fourth-order valence-electron chi connectivity index (χ4n) is 3.07. The Morgan fingerprint density at radius 2 is 2.33 bits per heavy atom. The smallest absolute Gasteiger partial charge is 0.165 e. The molecular formula is C16H20FN3O. The maximum absolute atomic E-state index is 13.7. The van der Waals surface area contributed by atoms with Gasteiger partial charge in [0.1, 0.15) is 0 Å². The zero-order valence-corrected chi connectivity index (χ0v) is 12.1. The van der Waals surface area contributed by atoms with Crippen LogP contribution in [0.2, 0.25) is 0 Å². The Kier molecular flexibility index (Phi) is 4.20. The van der Waals surface area contributed by atoms with Crippen LogP contribution in [0.1, 0.15) is 30.9 Å². The molecule has 1 heterocycles. The molecule has 0 saturated heterocycles. The van der Waals surface area contributed by atoms with E-state index in [4.69, 9.17) is 4.74 Å². The molecule has 1 saturated carbocycles. The van der Waals surface area contributed by atoms with Crippen molar-refractivity contribution in [1.29, 1.82) is 0 Å². The number of nitrogens with zero attached hydrogens (tertiary/aromatic N) is 2. The monoisotopic (exact) mass is 289 g/mol. The van der Waals surface area contributed by atoms with Gasteiger partial charge >= 0.3 is 0 Å².